The van der Waals surface area contributed by atoms with Crippen molar-refractivity contribution < 1.29 is 14.3 Å². The SMILES string of the molecule is Cc1cccc(C(C)C)c1NC(=O)[C@@H](C)OC(=O)/C(C#N)=C/c1ccc(N(C)C)cc1. The summed E-state index contributed by atoms with van der Waals surface area (Å²) in [7, 11) is 3.85. The number of anilines is 2. The van der Waals surface area contributed by atoms with Gasteiger partial charge in [0.05, 0.1) is 0 Å². The van der Waals surface area contributed by atoms with Crippen molar-refractivity contribution in [2.45, 2.75) is 39.7 Å². The molecule has 6 nitrogen and oxygen atoms in total. The monoisotopic (exact) mass is 419 g/mol. The molecule has 2 rings (SSSR count). The number of esters is 1. The highest BCUT2D eigenvalue weighted by atomic mass is 16.5. The fourth-order valence-corrected chi connectivity index (χ4v) is 3.02. The van der Waals surface area contributed by atoms with Crippen molar-refractivity contribution >= 4 is 29.3 Å². The van der Waals surface area contributed by atoms with E-state index in [1.807, 2.05) is 88.3 Å². The number of para-hydroxylation sites is 1. The van der Waals surface area contributed by atoms with Gasteiger partial charge >= 0.3 is 5.97 Å². The van der Waals surface area contributed by atoms with Gasteiger partial charge in [0.25, 0.3) is 5.91 Å². The maximum absolute atomic E-state index is 12.7. The number of aryl methyl sites for hydroxylation is 1. The maximum Gasteiger partial charge on any atom is 0.349 e. The third-order valence-corrected chi connectivity index (χ3v) is 4.89. The van der Waals surface area contributed by atoms with Crippen LogP contribution in [0, 0.1) is 18.3 Å². The minimum Gasteiger partial charge on any atom is -0.448 e. The van der Waals surface area contributed by atoms with Crippen LogP contribution in [0.3, 0.4) is 0 Å². The molecule has 2 aromatic rings. The van der Waals surface area contributed by atoms with Crippen LogP contribution in [0.4, 0.5) is 11.4 Å². The van der Waals surface area contributed by atoms with Crippen LogP contribution in [-0.2, 0) is 14.3 Å². The van der Waals surface area contributed by atoms with Crippen molar-refractivity contribution in [1.29, 1.82) is 5.26 Å². The molecule has 0 saturated heterocycles. The first-order valence-corrected chi connectivity index (χ1v) is 10.1. The van der Waals surface area contributed by atoms with Gasteiger partial charge in [-0.15, -0.1) is 0 Å². The lowest BCUT2D eigenvalue weighted by Gasteiger charge is -2.19. The van der Waals surface area contributed by atoms with E-state index < -0.39 is 18.0 Å². The van der Waals surface area contributed by atoms with Crippen molar-refractivity contribution in [3.63, 3.8) is 0 Å². The smallest absolute Gasteiger partial charge is 0.349 e. The Hall–Kier alpha value is -3.59. The van der Waals surface area contributed by atoms with Crippen LogP contribution in [-0.4, -0.2) is 32.1 Å². The topological polar surface area (TPSA) is 82.4 Å². The molecule has 0 aliphatic heterocycles. The van der Waals surface area contributed by atoms with Gasteiger partial charge in [0, 0.05) is 25.5 Å². The van der Waals surface area contributed by atoms with Gasteiger partial charge in [-0.1, -0.05) is 44.2 Å². The van der Waals surface area contributed by atoms with E-state index in [1.165, 1.54) is 13.0 Å². The van der Waals surface area contributed by atoms with E-state index in [0.717, 1.165) is 22.5 Å². The summed E-state index contributed by atoms with van der Waals surface area (Å²) in [6.45, 7) is 7.49. The Morgan fingerprint density at radius 2 is 1.74 bits per heavy atom. The van der Waals surface area contributed by atoms with Crippen LogP contribution in [0.1, 0.15) is 43.4 Å². The van der Waals surface area contributed by atoms with E-state index in [4.69, 9.17) is 4.74 Å². The van der Waals surface area contributed by atoms with Gasteiger partial charge in [0.1, 0.15) is 11.6 Å². The summed E-state index contributed by atoms with van der Waals surface area (Å²) in [6, 6.07) is 15.1. The van der Waals surface area contributed by atoms with Crippen LogP contribution in [0.5, 0.6) is 0 Å². The predicted molar refractivity (Wildman–Crippen MR) is 124 cm³/mol. The standard InChI is InChI=1S/C25H29N3O3/c1-16(2)22-9-7-8-17(3)23(22)27-24(29)18(4)31-25(30)20(15-26)14-19-10-12-21(13-11-19)28(5)6/h7-14,16,18H,1-6H3,(H,27,29)/b20-14+/t18-/m1/s1. The fourth-order valence-electron chi connectivity index (χ4n) is 3.02. The zero-order valence-corrected chi connectivity index (χ0v) is 18.9. The predicted octanol–water partition coefficient (Wildman–Crippen LogP) is 4.66. The first-order chi connectivity index (χ1) is 14.6. The number of amides is 1. The molecular formula is C25H29N3O3. The molecule has 0 spiro atoms. The van der Waals surface area contributed by atoms with Crippen LogP contribution >= 0.6 is 0 Å². The van der Waals surface area contributed by atoms with E-state index in [9.17, 15) is 14.9 Å². The molecule has 0 fully saturated rings. The molecule has 1 atom stereocenters. The first-order valence-electron chi connectivity index (χ1n) is 10.1. The molecule has 6 heteroatoms. The Bertz CT molecular complexity index is 1020. The number of benzene rings is 2. The van der Waals surface area contributed by atoms with Crippen molar-refractivity contribution in [1.82, 2.24) is 0 Å². The quantitative estimate of drug-likeness (QED) is 0.401. The summed E-state index contributed by atoms with van der Waals surface area (Å²) in [6.07, 6.45) is 0.393. The van der Waals surface area contributed by atoms with E-state index in [-0.39, 0.29) is 11.5 Å². The number of nitrogens with zero attached hydrogens (tertiary/aromatic N) is 2. The molecule has 31 heavy (non-hydrogen) atoms. The highest BCUT2D eigenvalue weighted by Gasteiger charge is 2.22. The van der Waals surface area contributed by atoms with Gasteiger partial charge in [0.2, 0.25) is 0 Å². The van der Waals surface area contributed by atoms with E-state index in [1.54, 1.807) is 0 Å². The maximum atomic E-state index is 12.7. The molecule has 2 aromatic carbocycles. The third kappa shape index (κ3) is 6.19. The van der Waals surface area contributed by atoms with Gasteiger partial charge in [-0.2, -0.15) is 5.26 Å². The lowest BCUT2D eigenvalue weighted by Crippen LogP contribution is -2.31. The summed E-state index contributed by atoms with van der Waals surface area (Å²) in [4.78, 5) is 27.1. The largest absolute Gasteiger partial charge is 0.448 e. The van der Waals surface area contributed by atoms with Gasteiger partial charge in [0.15, 0.2) is 6.10 Å². The molecule has 1 amide bonds. The first kappa shape index (κ1) is 23.7. The van der Waals surface area contributed by atoms with E-state index in [2.05, 4.69) is 5.32 Å². The zero-order chi connectivity index (χ0) is 23.1. The number of nitriles is 1. The Balaban J connectivity index is 2.11. The number of hydrogen-bond acceptors (Lipinski definition) is 5. The molecule has 0 aliphatic carbocycles. The number of hydrogen-bond donors (Lipinski definition) is 1. The molecule has 0 aromatic heterocycles. The molecule has 0 heterocycles. The fraction of sp³-hybridized carbons (Fsp3) is 0.320. The highest BCUT2D eigenvalue weighted by Crippen LogP contribution is 2.27. The third-order valence-electron chi connectivity index (χ3n) is 4.89. The van der Waals surface area contributed by atoms with Crippen LogP contribution in [0.25, 0.3) is 6.08 Å². The molecule has 0 saturated carbocycles. The molecule has 1 N–H and O–H groups in total. The van der Waals surface area contributed by atoms with E-state index >= 15 is 0 Å². The number of nitrogens with one attached hydrogen (secondary N) is 1. The number of ether oxygens (including phenoxy) is 1. The van der Waals surface area contributed by atoms with Crippen molar-refractivity contribution in [3.8, 4) is 6.07 Å². The summed E-state index contributed by atoms with van der Waals surface area (Å²) in [5.74, 6) is -1.06. The second-order valence-corrected chi connectivity index (χ2v) is 7.89. The van der Waals surface area contributed by atoms with Gasteiger partial charge in [-0.05, 0) is 54.7 Å². The van der Waals surface area contributed by atoms with Crippen LogP contribution in [0.2, 0.25) is 0 Å². The molecule has 0 bridgehead atoms. The second kappa shape index (κ2) is 10.4. The Morgan fingerprint density at radius 3 is 2.29 bits per heavy atom. The average molecular weight is 420 g/mol. The van der Waals surface area contributed by atoms with Crippen molar-refractivity contribution in [2.24, 2.45) is 0 Å². The minimum atomic E-state index is -1.06. The second-order valence-electron chi connectivity index (χ2n) is 7.89. The van der Waals surface area contributed by atoms with Gasteiger partial charge in [-0.3, -0.25) is 4.79 Å². The highest BCUT2D eigenvalue weighted by molar-refractivity contribution is 6.01. The molecule has 0 unspecified atom stereocenters. The Morgan fingerprint density at radius 1 is 1.10 bits per heavy atom. The van der Waals surface area contributed by atoms with Gasteiger partial charge < -0.3 is 15.0 Å². The summed E-state index contributed by atoms with van der Waals surface area (Å²) in [5.41, 5.74) is 4.18. The summed E-state index contributed by atoms with van der Waals surface area (Å²) < 4.78 is 5.26. The minimum absolute atomic E-state index is 0.170. The summed E-state index contributed by atoms with van der Waals surface area (Å²) in [5, 5.41) is 12.3. The lowest BCUT2D eigenvalue weighted by molar-refractivity contribution is -0.148. The van der Waals surface area contributed by atoms with Crippen LogP contribution < -0.4 is 10.2 Å². The van der Waals surface area contributed by atoms with Crippen molar-refractivity contribution in [3.05, 3.63) is 64.7 Å². The van der Waals surface area contributed by atoms with E-state index in [0.29, 0.717) is 5.56 Å². The number of carbonyl (C=O) groups is 2. The number of rotatable bonds is 7. The Labute approximate surface area is 184 Å². The zero-order valence-electron chi connectivity index (χ0n) is 18.9. The molecule has 0 radical (unpaired) electrons. The Kier molecular flexibility index (Phi) is 7.98. The summed E-state index contributed by atoms with van der Waals surface area (Å²) >= 11 is 0. The molecular weight excluding hydrogens is 390 g/mol. The lowest BCUT2D eigenvalue weighted by atomic mass is 9.98. The van der Waals surface area contributed by atoms with Crippen molar-refractivity contribution in [2.75, 3.05) is 24.3 Å². The van der Waals surface area contributed by atoms with Crippen LogP contribution in [0.15, 0.2) is 48.0 Å². The number of carbonyl (C=O) groups excluding carboxylic acids is 2. The van der Waals surface area contributed by atoms with Gasteiger partial charge in [-0.25, -0.2) is 4.79 Å². The normalized spacial score (nSPS) is 12.1. The average Bonchev–Trinajstić information content (AvgIpc) is 2.73. The molecule has 162 valence electrons. The molecule has 0 aliphatic rings.